The van der Waals surface area contributed by atoms with Crippen molar-refractivity contribution in [2.24, 2.45) is 17.2 Å². The van der Waals surface area contributed by atoms with E-state index in [0.29, 0.717) is 32.2 Å². The average molecular weight is 461 g/mol. The summed E-state index contributed by atoms with van der Waals surface area (Å²) in [5, 5.41) is 14.0. The minimum Gasteiger partial charge on any atom is -0.480 e. The Morgan fingerprint density at radius 3 is 2.35 bits per heavy atom. The maximum atomic E-state index is 12.9. The quantitative estimate of drug-likeness (QED) is 0.113. The Labute approximate surface area is 186 Å². The minimum absolute atomic E-state index is 0.00956. The number of aliphatic carboxylic acids is 1. The molecule has 13 heteroatoms. The summed E-state index contributed by atoms with van der Waals surface area (Å²) in [4.78, 5) is 61.4. The van der Waals surface area contributed by atoms with Gasteiger partial charge in [0.05, 0.1) is 12.5 Å². The van der Waals surface area contributed by atoms with Crippen LogP contribution in [0, 0.1) is 0 Å². The van der Waals surface area contributed by atoms with Crippen molar-refractivity contribution in [2.75, 3.05) is 18.8 Å². The van der Waals surface area contributed by atoms with E-state index in [4.69, 9.17) is 22.3 Å². The van der Waals surface area contributed by atoms with E-state index in [1.807, 2.05) is 0 Å². The van der Waals surface area contributed by atoms with Crippen LogP contribution in [-0.4, -0.2) is 82.6 Å². The predicted octanol–water partition coefficient (Wildman–Crippen LogP) is -2.71. The fraction of sp³-hybridized carbons (Fsp3) is 0.722. The third-order valence-corrected chi connectivity index (χ3v) is 5.33. The number of thiol groups is 1. The first kappa shape index (κ1) is 26.7. The SMILES string of the molecule is NCCCCC(N)C(=O)NC(CS)C(=O)N1CCCC1C(=O)NC(CC(N)=O)C(=O)O. The van der Waals surface area contributed by atoms with E-state index in [2.05, 4.69) is 23.3 Å². The molecular formula is C18H32N6O6S. The summed E-state index contributed by atoms with van der Waals surface area (Å²) in [6, 6.07) is -4.22. The number of carbonyl (C=O) groups excluding carboxylic acids is 4. The van der Waals surface area contributed by atoms with Crippen LogP contribution in [0.15, 0.2) is 0 Å². The monoisotopic (exact) mass is 460 g/mol. The van der Waals surface area contributed by atoms with Crippen LogP contribution >= 0.6 is 12.6 Å². The largest absolute Gasteiger partial charge is 0.480 e. The number of nitrogens with two attached hydrogens (primary N) is 3. The zero-order valence-corrected chi connectivity index (χ0v) is 18.2. The molecule has 0 radical (unpaired) electrons. The third kappa shape index (κ3) is 8.34. The van der Waals surface area contributed by atoms with Gasteiger partial charge in [0, 0.05) is 12.3 Å². The molecule has 0 aromatic carbocycles. The average Bonchev–Trinajstić information content (AvgIpc) is 3.20. The number of hydrogen-bond acceptors (Lipinski definition) is 8. The number of amides is 4. The van der Waals surface area contributed by atoms with Gasteiger partial charge in [-0.05, 0) is 32.2 Å². The lowest BCUT2D eigenvalue weighted by molar-refractivity contribution is -0.145. The van der Waals surface area contributed by atoms with Crippen LogP contribution in [0.5, 0.6) is 0 Å². The molecule has 4 amide bonds. The van der Waals surface area contributed by atoms with E-state index in [1.165, 1.54) is 4.90 Å². The van der Waals surface area contributed by atoms with E-state index >= 15 is 0 Å². The molecule has 0 aromatic rings. The van der Waals surface area contributed by atoms with Gasteiger partial charge in [-0.15, -0.1) is 0 Å². The zero-order valence-electron chi connectivity index (χ0n) is 17.3. The second-order valence-electron chi connectivity index (χ2n) is 7.39. The van der Waals surface area contributed by atoms with Crippen LogP contribution in [0.3, 0.4) is 0 Å². The normalized spacial score (nSPS) is 18.7. The molecule has 0 aliphatic carbocycles. The minimum atomic E-state index is -1.49. The summed E-state index contributed by atoms with van der Waals surface area (Å²) in [5.41, 5.74) is 16.3. The van der Waals surface area contributed by atoms with Gasteiger partial charge < -0.3 is 37.8 Å². The van der Waals surface area contributed by atoms with Gasteiger partial charge in [0.2, 0.25) is 23.6 Å². The molecule has 0 aromatic heterocycles. The molecule has 1 rings (SSSR count). The Hall–Kier alpha value is -2.38. The van der Waals surface area contributed by atoms with Gasteiger partial charge in [0.25, 0.3) is 0 Å². The van der Waals surface area contributed by atoms with Gasteiger partial charge in [-0.1, -0.05) is 6.42 Å². The molecule has 176 valence electrons. The molecule has 0 saturated carbocycles. The lowest BCUT2D eigenvalue weighted by atomic mass is 10.1. The fourth-order valence-electron chi connectivity index (χ4n) is 3.28. The number of nitrogens with zero attached hydrogens (tertiary/aromatic N) is 1. The van der Waals surface area contributed by atoms with Crippen LogP contribution in [0.4, 0.5) is 0 Å². The Morgan fingerprint density at radius 1 is 1.13 bits per heavy atom. The van der Waals surface area contributed by atoms with Gasteiger partial charge in [-0.25, -0.2) is 4.79 Å². The molecule has 1 saturated heterocycles. The summed E-state index contributed by atoms with van der Waals surface area (Å²) in [6.07, 6.45) is 2.08. The lowest BCUT2D eigenvalue weighted by Gasteiger charge is -2.29. The maximum Gasteiger partial charge on any atom is 0.326 e. The third-order valence-electron chi connectivity index (χ3n) is 4.96. The van der Waals surface area contributed by atoms with Crippen molar-refractivity contribution in [1.29, 1.82) is 0 Å². The highest BCUT2D eigenvalue weighted by Gasteiger charge is 2.39. The first-order valence-electron chi connectivity index (χ1n) is 10.1. The van der Waals surface area contributed by atoms with Crippen molar-refractivity contribution in [3.63, 3.8) is 0 Å². The number of carboxylic acids is 1. The molecule has 1 aliphatic rings. The van der Waals surface area contributed by atoms with E-state index < -0.39 is 60.2 Å². The number of likely N-dealkylation sites (tertiary alicyclic amines) is 1. The second-order valence-corrected chi connectivity index (χ2v) is 7.76. The van der Waals surface area contributed by atoms with Crippen LogP contribution in [0.25, 0.3) is 0 Å². The number of primary amides is 1. The van der Waals surface area contributed by atoms with Gasteiger partial charge in [-0.3, -0.25) is 19.2 Å². The van der Waals surface area contributed by atoms with Gasteiger partial charge in [0.15, 0.2) is 0 Å². The molecule has 4 atom stereocenters. The lowest BCUT2D eigenvalue weighted by Crippen LogP contribution is -2.57. The number of carbonyl (C=O) groups is 5. The highest BCUT2D eigenvalue weighted by atomic mass is 32.1. The molecule has 0 spiro atoms. The Bertz CT molecular complexity index is 678. The summed E-state index contributed by atoms with van der Waals surface area (Å²) < 4.78 is 0. The standard InChI is InChI=1S/C18H32N6O6S/c19-6-2-1-4-10(20)15(26)23-12(9-31)17(28)24-7-3-5-13(24)16(27)22-11(18(29)30)8-14(21)25/h10-13,31H,1-9,19-20H2,(H2,21,25)(H,22,27)(H,23,26)(H,29,30). The number of hydrogen-bond donors (Lipinski definition) is 7. The summed E-state index contributed by atoms with van der Waals surface area (Å²) in [6.45, 7) is 0.750. The Morgan fingerprint density at radius 2 is 1.81 bits per heavy atom. The van der Waals surface area contributed by atoms with Crippen molar-refractivity contribution in [1.82, 2.24) is 15.5 Å². The van der Waals surface area contributed by atoms with Crippen molar-refractivity contribution >= 4 is 42.2 Å². The Kier molecular flexibility index (Phi) is 11.3. The van der Waals surface area contributed by atoms with E-state index in [-0.39, 0.29) is 12.3 Å². The molecular weight excluding hydrogens is 428 g/mol. The van der Waals surface area contributed by atoms with Crippen LogP contribution in [0.2, 0.25) is 0 Å². The summed E-state index contributed by atoms with van der Waals surface area (Å²) in [7, 11) is 0. The van der Waals surface area contributed by atoms with Gasteiger partial charge in [-0.2, -0.15) is 12.6 Å². The van der Waals surface area contributed by atoms with Crippen molar-refractivity contribution in [2.45, 2.75) is 62.7 Å². The predicted molar refractivity (Wildman–Crippen MR) is 115 cm³/mol. The molecule has 12 nitrogen and oxygen atoms in total. The van der Waals surface area contributed by atoms with Crippen molar-refractivity contribution < 1.29 is 29.1 Å². The van der Waals surface area contributed by atoms with Gasteiger partial charge >= 0.3 is 5.97 Å². The van der Waals surface area contributed by atoms with Crippen LogP contribution in [0.1, 0.15) is 38.5 Å². The topological polar surface area (TPSA) is 211 Å². The highest BCUT2D eigenvalue weighted by Crippen LogP contribution is 2.19. The van der Waals surface area contributed by atoms with Crippen molar-refractivity contribution in [3.05, 3.63) is 0 Å². The van der Waals surface area contributed by atoms with Gasteiger partial charge in [0.1, 0.15) is 18.1 Å². The summed E-state index contributed by atoms with van der Waals surface area (Å²) >= 11 is 4.13. The molecule has 1 heterocycles. The van der Waals surface area contributed by atoms with E-state index in [9.17, 15) is 24.0 Å². The van der Waals surface area contributed by atoms with E-state index in [0.717, 1.165) is 6.42 Å². The first-order chi connectivity index (χ1) is 14.6. The fourth-order valence-corrected chi connectivity index (χ4v) is 3.52. The maximum absolute atomic E-state index is 12.9. The molecule has 1 aliphatic heterocycles. The smallest absolute Gasteiger partial charge is 0.326 e. The Balaban J connectivity index is 2.78. The van der Waals surface area contributed by atoms with Crippen LogP contribution < -0.4 is 27.8 Å². The molecule has 4 unspecified atom stereocenters. The second kappa shape index (κ2) is 13.1. The summed E-state index contributed by atoms with van der Waals surface area (Å²) in [5.74, 6) is -4.03. The first-order valence-corrected chi connectivity index (χ1v) is 10.7. The van der Waals surface area contributed by atoms with Crippen molar-refractivity contribution in [3.8, 4) is 0 Å². The molecule has 1 fully saturated rings. The number of carboxylic acid groups (broad SMARTS) is 1. The van der Waals surface area contributed by atoms with Crippen LogP contribution in [-0.2, 0) is 24.0 Å². The molecule has 9 N–H and O–H groups in total. The highest BCUT2D eigenvalue weighted by molar-refractivity contribution is 7.80. The zero-order chi connectivity index (χ0) is 23.6. The number of unbranched alkanes of at least 4 members (excludes halogenated alkanes) is 1. The molecule has 0 bridgehead atoms. The number of nitrogens with one attached hydrogen (secondary N) is 2. The van der Waals surface area contributed by atoms with E-state index in [1.54, 1.807) is 0 Å². The number of rotatable bonds is 13. The molecule has 31 heavy (non-hydrogen) atoms.